The summed E-state index contributed by atoms with van der Waals surface area (Å²) in [6, 6.07) is 8.53. The lowest BCUT2D eigenvalue weighted by Crippen LogP contribution is -2.54. The smallest absolute Gasteiger partial charge is 0.335 e. The maximum absolute atomic E-state index is 12.9. The molecule has 0 radical (unpaired) electrons. The number of fused-ring (bicyclic) bond motifs is 1. The van der Waals surface area contributed by atoms with Crippen LogP contribution in [0.2, 0.25) is 5.02 Å². The molecule has 1 N–H and O–H groups in total. The fourth-order valence-electron chi connectivity index (χ4n) is 2.89. The summed E-state index contributed by atoms with van der Waals surface area (Å²) in [5, 5.41) is 2.50. The van der Waals surface area contributed by atoms with Crippen molar-refractivity contribution in [1.82, 2.24) is 5.32 Å². The summed E-state index contributed by atoms with van der Waals surface area (Å²) in [4.78, 5) is 38.3. The molecule has 2 heterocycles. The number of ether oxygens (including phenoxy) is 3. The van der Waals surface area contributed by atoms with Crippen LogP contribution in [0.4, 0.5) is 10.5 Å². The summed E-state index contributed by atoms with van der Waals surface area (Å²) < 4.78 is 15.9. The molecular formula is C19H13ClN2O6. The minimum Gasteiger partial charge on any atom is -0.496 e. The third-order valence-electron chi connectivity index (χ3n) is 4.19. The molecule has 0 bridgehead atoms. The van der Waals surface area contributed by atoms with Gasteiger partial charge in [-0.15, -0.1) is 0 Å². The molecule has 2 aliphatic rings. The lowest BCUT2D eigenvalue weighted by molar-refractivity contribution is -0.122. The normalized spacial score (nSPS) is 17.1. The molecule has 9 heteroatoms. The molecule has 4 rings (SSSR count). The van der Waals surface area contributed by atoms with Gasteiger partial charge in [-0.3, -0.25) is 14.9 Å². The molecule has 0 spiro atoms. The van der Waals surface area contributed by atoms with Gasteiger partial charge in [-0.1, -0.05) is 17.7 Å². The summed E-state index contributed by atoms with van der Waals surface area (Å²) >= 11 is 5.95. The summed E-state index contributed by atoms with van der Waals surface area (Å²) in [6.07, 6.45) is 1.34. The van der Waals surface area contributed by atoms with Crippen molar-refractivity contribution in [2.45, 2.75) is 0 Å². The SMILES string of the molecule is COc1cc2c(cc1C=C1C(=O)NC(=O)N(c3cccc(Cl)c3)C1=O)OCO2. The third kappa shape index (κ3) is 3.03. The minimum absolute atomic E-state index is 0.0645. The van der Waals surface area contributed by atoms with Gasteiger partial charge in [-0.2, -0.15) is 0 Å². The lowest BCUT2D eigenvalue weighted by Gasteiger charge is -2.26. The first-order chi connectivity index (χ1) is 13.5. The van der Waals surface area contributed by atoms with Gasteiger partial charge in [0.25, 0.3) is 11.8 Å². The van der Waals surface area contributed by atoms with Gasteiger partial charge in [-0.05, 0) is 30.3 Å². The molecule has 4 amide bonds. The van der Waals surface area contributed by atoms with Gasteiger partial charge in [0.2, 0.25) is 6.79 Å². The molecule has 142 valence electrons. The van der Waals surface area contributed by atoms with E-state index in [1.54, 1.807) is 24.3 Å². The molecule has 0 aromatic heterocycles. The van der Waals surface area contributed by atoms with Gasteiger partial charge in [0.05, 0.1) is 12.8 Å². The first-order valence-corrected chi connectivity index (χ1v) is 8.50. The van der Waals surface area contributed by atoms with Crippen molar-refractivity contribution in [2.24, 2.45) is 0 Å². The maximum atomic E-state index is 12.9. The number of benzene rings is 2. The molecule has 2 aromatic carbocycles. The third-order valence-corrected chi connectivity index (χ3v) is 4.43. The Kier molecular flexibility index (Phi) is 4.40. The van der Waals surface area contributed by atoms with E-state index in [1.807, 2.05) is 0 Å². The summed E-state index contributed by atoms with van der Waals surface area (Å²) in [7, 11) is 1.45. The Morgan fingerprint density at radius 2 is 1.89 bits per heavy atom. The van der Waals surface area contributed by atoms with E-state index in [0.717, 1.165) is 4.90 Å². The predicted molar refractivity (Wildman–Crippen MR) is 99.6 cm³/mol. The van der Waals surface area contributed by atoms with Crippen molar-refractivity contribution in [3.63, 3.8) is 0 Å². The molecule has 0 saturated carbocycles. The van der Waals surface area contributed by atoms with Crippen molar-refractivity contribution >= 4 is 41.2 Å². The van der Waals surface area contributed by atoms with Crippen molar-refractivity contribution in [1.29, 1.82) is 0 Å². The Morgan fingerprint density at radius 3 is 2.61 bits per heavy atom. The number of rotatable bonds is 3. The van der Waals surface area contributed by atoms with Crippen molar-refractivity contribution in [2.75, 3.05) is 18.8 Å². The molecule has 0 aliphatic carbocycles. The highest BCUT2D eigenvalue weighted by Gasteiger charge is 2.37. The Morgan fingerprint density at radius 1 is 1.14 bits per heavy atom. The molecule has 1 fully saturated rings. The van der Waals surface area contributed by atoms with E-state index in [2.05, 4.69) is 5.32 Å². The first kappa shape index (κ1) is 17.9. The molecule has 2 aromatic rings. The van der Waals surface area contributed by atoms with Crippen LogP contribution in [0.3, 0.4) is 0 Å². The molecule has 1 saturated heterocycles. The van der Waals surface area contributed by atoms with Gasteiger partial charge < -0.3 is 14.2 Å². The van der Waals surface area contributed by atoms with Crippen molar-refractivity contribution in [3.8, 4) is 17.2 Å². The van der Waals surface area contributed by atoms with Crippen LogP contribution in [-0.4, -0.2) is 31.7 Å². The Bertz CT molecular complexity index is 1050. The number of carbonyl (C=O) groups is 3. The summed E-state index contributed by atoms with van der Waals surface area (Å²) in [5.74, 6) is -0.263. The number of anilines is 1. The fourth-order valence-corrected chi connectivity index (χ4v) is 3.08. The van der Waals surface area contributed by atoms with E-state index in [4.69, 9.17) is 25.8 Å². The second-order valence-corrected chi connectivity index (χ2v) is 6.32. The van der Waals surface area contributed by atoms with Crippen LogP contribution in [0.15, 0.2) is 42.0 Å². The van der Waals surface area contributed by atoms with Crippen LogP contribution in [-0.2, 0) is 9.59 Å². The quantitative estimate of drug-likeness (QED) is 0.629. The Labute approximate surface area is 164 Å². The van der Waals surface area contributed by atoms with Crippen molar-refractivity contribution in [3.05, 3.63) is 52.6 Å². The number of urea groups is 1. The topological polar surface area (TPSA) is 94.2 Å². The van der Waals surface area contributed by atoms with Crippen LogP contribution >= 0.6 is 11.6 Å². The molecule has 8 nitrogen and oxygen atoms in total. The van der Waals surface area contributed by atoms with E-state index in [9.17, 15) is 14.4 Å². The van der Waals surface area contributed by atoms with Gasteiger partial charge >= 0.3 is 6.03 Å². The van der Waals surface area contributed by atoms with Gasteiger partial charge in [0.15, 0.2) is 11.5 Å². The van der Waals surface area contributed by atoms with Crippen LogP contribution in [0.5, 0.6) is 17.2 Å². The standard InChI is InChI=1S/C19H13ClN2O6/c1-26-14-8-16-15(27-9-28-16)6-10(14)5-13-17(23)21-19(25)22(18(13)24)12-4-2-3-11(20)7-12/h2-8H,9H2,1H3,(H,21,23,25). The number of carbonyl (C=O) groups excluding carboxylic acids is 3. The van der Waals surface area contributed by atoms with Crippen LogP contribution in [0.25, 0.3) is 6.08 Å². The van der Waals surface area contributed by atoms with E-state index in [-0.39, 0.29) is 18.1 Å². The molecule has 28 heavy (non-hydrogen) atoms. The Balaban J connectivity index is 1.78. The zero-order chi connectivity index (χ0) is 19.8. The molecule has 0 atom stereocenters. The second-order valence-electron chi connectivity index (χ2n) is 5.89. The fraction of sp³-hybridized carbons (Fsp3) is 0.105. The Hall–Kier alpha value is -3.52. The monoisotopic (exact) mass is 400 g/mol. The highest BCUT2D eigenvalue weighted by molar-refractivity contribution is 6.39. The van der Waals surface area contributed by atoms with Gasteiger partial charge in [-0.25, -0.2) is 9.69 Å². The van der Waals surface area contributed by atoms with Crippen molar-refractivity contribution < 1.29 is 28.6 Å². The van der Waals surface area contributed by atoms with E-state index < -0.39 is 17.8 Å². The number of barbiturate groups is 1. The first-order valence-electron chi connectivity index (χ1n) is 8.12. The maximum Gasteiger partial charge on any atom is 0.335 e. The average molecular weight is 401 g/mol. The van der Waals surface area contributed by atoms with E-state index >= 15 is 0 Å². The summed E-state index contributed by atoms with van der Waals surface area (Å²) in [6.45, 7) is 0.0645. The number of methoxy groups -OCH3 is 1. The highest BCUT2D eigenvalue weighted by atomic mass is 35.5. The van der Waals surface area contributed by atoms with Crippen LogP contribution < -0.4 is 24.4 Å². The number of hydrogen-bond acceptors (Lipinski definition) is 6. The molecule has 0 unspecified atom stereocenters. The average Bonchev–Trinajstić information content (AvgIpc) is 3.11. The largest absolute Gasteiger partial charge is 0.496 e. The number of imide groups is 2. The lowest BCUT2D eigenvalue weighted by atomic mass is 10.1. The van der Waals surface area contributed by atoms with Gasteiger partial charge in [0, 0.05) is 16.7 Å². The highest BCUT2D eigenvalue weighted by Crippen LogP contribution is 2.39. The number of nitrogens with one attached hydrogen (secondary N) is 1. The van der Waals surface area contributed by atoms with Crippen LogP contribution in [0.1, 0.15) is 5.56 Å². The number of nitrogens with zero attached hydrogens (tertiary/aromatic N) is 1. The minimum atomic E-state index is -0.855. The zero-order valence-corrected chi connectivity index (χ0v) is 15.3. The van der Waals surface area contributed by atoms with E-state index in [0.29, 0.717) is 27.8 Å². The predicted octanol–water partition coefficient (Wildman–Crippen LogP) is 2.74. The number of amides is 4. The molecule has 2 aliphatic heterocycles. The number of halogens is 1. The number of hydrogen-bond donors (Lipinski definition) is 1. The van der Waals surface area contributed by atoms with Crippen LogP contribution in [0, 0.1) is 0 Å². The van der Waals surface area contributed by atoms with E-state index in [1.165, 1.54) is 25.3 Å². The van der Waals surface area contributed by atoms with Gasteiger partial charge in [0.1, 0.15) is 11.3 Å². The summed E-state index contributed by atoms with van der Waals surface area (Å²) in [5.41, 5.74) is 0.424. The molecular weight excluding hydrogens is 388 g/mol. The second kappa shape index (κ2) is 6.90. The zero-order valence-electron chi connectivity index (χ0n) is 14.5.